The Morgan fingerprint density at radius 1 is 1.36 bits per heavy atom. The lowest BCUT2D eigenvalue weighted by atomic mass is 9.99. The first kappa shape index (κ1) is 9.17. The van der Waals surface area contributed by atoms with Crippen LogP contribution >= 0.6 is 0 Å². The SMILES string of the molecule is Cc1ccc(CN=C=O)c2c1CCC2. The summed E-state index contributed by atoms with van der Waals surface area (Å²) in [6.45, 7) is 2.64. The number of fused-ring (bicyclic) bond motifs is 1. The van der Waals surface area contributed by atoms with Crippen molar-refractivity contribution < 1.29 is 4.79 Å². The summed E-state index contributed by atoms with van der Waals surface area (Å²) in [4.78, 5) is 13.7. The zero-order valence-corrected chi connectivity index (χ0v) is 8.34. The van der Waals surface area contributed by atoms with Crippen LogP contribution in [-0.4, -0.2) is 6.08 Å². The molecule has 0 fully saturated rings. The summed E-state index contributed by atoms with van der Waals surface area (Å²) in [5.41, 5.74) is 5.47. The van der Waals surface area contributed by atoms with E-state index in [-0.39, 0.29) is 0 Å². The number of hydrogen-bond acceptors (Lipinski definition) is 2. The van der Waals surface area contributed by atoms with Crippen molar-refractivity contribution in [2.75, 3.05) is 0 Å². The highest BCUT2D eigenvalue weighted by atomic mass is 16.1. The van der Waals surface area contributed by atoms with E-state index in [0.29, 0.717) is 6.54 Å². The van der Waals surface area contributed by atoms with Crippen molar-refractivity contribution >= 4 is 6.08 Å². The fourth-order valence-electron chi connectivity index (χ4n) is 2.23. The highest BCUT2D eigenvalue weighted by molar-refractivity contribution is 5.44. The molecule has 0 atom stereocenters. The van der Waals surface area contributed by atoms with E-state index in [2.05, 4.69) is 24.0 Å². The number of aryl methyl sites for hydroxylation is 1. The quantitative estimate of drug-likeness (QED) is 0.516. The molecule has 0 N–H and O–H groups in total. The minimum Gasteiger partial charge on any atom is -0.211 e. The van der Waals surface area contributed by atoms with E-state index < -0.39 is 0 Å². The molecule has 0 spiro atoms. The van der Waals surface area contributed by atoms with E-state index >= 15 is 0 Å². The number of isocyanates is 1. The highest BCUT2D eigenvalue weighted by Gasteiger charge is 2.16. The van der Waals surface area contributed by atoms with Crippen molar-refractivity contribution in [3.05, 3.63) is 34.4 Å². The van der Waals surface area contributed by atoms with Crippen LogP contribution < -0.4 is 0 Å². The third kappa shape index (κ3) is 1.49. The number of rotatable bonds is 2. The molecule has 1 aliphatic carbocycles. The van der Waals surface area contributed by atoms with E-state index in [1.54, 1.807) is 6.08 Å². The topological polar surface area (TPSA) is 29.4 Å². The Balaban J connectivity index is 2.42. The van der Waals surface area contributed by atoms with Gasteiger partial charge in [0, 0.05) is 0 Å². The van der Waals surface area contributed by atoms with Gasteiger partial charge in [0.05, 0.1) is 6.54 Å². The Hall–Kier alpha value is -1.40. The normalized spacial score (nSPS) is 13.5. The van der Waals surface area contributed by atoms with Crippen molar-refractivity contribution in [1.29, 1.82) is 0 Å². The molecule has 1 aliphatic rings. The lowest BCUT2D eigenvalue weighted by molar-refractivity contribution is 0.562. The average Bonchev–Trinajstić information content (AvgIpc) is 2.66. The third-order valence-corrected chi connectivity index (χ3v) is 2.93. The maximum absolute atomic E-state index is 10.1. The van der Waals surface area contributed by atoms with Gasteiger partial charge in [-0.2, -0.15) is 0 Å². The Morgan fingerprint density at radius 2 is 2.14 bits per heavy atom. The first-order chi connectivity index (χ1) is 6.83. The van der Waals surface area contributed by atoms with E-state index in [1.165, 1.54) is 35.1 Å². The Kier molecular flexibility index (Phi) is 2.47. The molecule has 0 aliphatic heterocycles. The molecule has 1 aromatic rings. The van der Waals surface area contributed by atoms with E-state index in [4.69, 9.17) is 0 Å². The van der Waals surface area contributed by atoms with Gasteiger partial charge in [-0.25, -0.2) is 9.79 Å². The monoisotopic (exact) mass is 187 g/mol. The predicted octanol–water partition coefficient (Wildman–Crippen LogP) is 2.32. The summed E-state index contributed by atoms with van der Waals surface area (Å²) < 4.78 is 0. The van der Waals surface area contributed by atoms with E-state index in [9.17, 15) is 4.79 Å². The van der Waals surface area contributed by atoms with Crippen LogP contribution in [0.3, 0.4) is 0 Å². The van der Waals surface area contributed by atoms with Gasteiger partial charge in [0.1, 0.15) is 0 Å². The molecule has 0 aromatic heterocycles. The molecule has 2 rings (SSSR count). The largest absolute Gasteiger partial charge is 0.235 e. The smallest absolute Gasteiger partial charge is 0.211 e. The van der Waals surface area contributed by atoms with Crippen LogP contribution in [0.5, 0.6) is 0 Å². The van der Waals surface area contributed by atoms with Crippen LogP contribution in [0.1, 0.15) is 28.7 Å². The first-order valence-corrected chi connectivity index (χ1v) is 4.97. The van der Waals surface area contributed by atoms with Crippen LogP contribution in [0.15, 0.2) is 17.1 Å². The molecule has 0 radical (unpaired) electrons. The Morgan fingerprint density at radius 3 is 2.93 bits per heavy atom. The van der Waals surface area contributed by atoms with Crippen molar-refractivity contribution in [3.8, 4) is 0 Å². The molecule has 14 heavy (non-hydrogen) atoms. The predicted molar refractivity (Wildman–Crippen MR) is 55.0 cm³/mol. The molecule has 1 aromatic carbocycles. The van der Waals surface area contributed by atoms with E-state index in [0.717, 1.165) is 6.42 Å². The second kappa shape index (κ2) is 3.77. The van der Waals surface area contributed by atoms with E-state index in [1.807, 2.05) is 0 Å². The maximum Gasteiger partial charge on any atom is 0.235 e. The molecule has 0 saturated heterocycles. The van der Waals surface area contributed by atoms with Gasteiger partial charge >= 0.3 is 0 Å². The van der Waals surface area contributed by atoms with Gasteiger partial charge < -0.3 is 0 Å². The molecule has 0 unspecified atom stereocenters. The Bertz CT molecular complexity index is 403. The van der Waals surface area contributed by atoms with Crippen molar-refractivity contribution in [3.63, 3.8) is 0 Å². The van der Waals surface area contributed by atoms with Crippen LogP contribution in [-0.2, 0) is 24.2 Å². The van der Waals surface area contributed by atoms with Gasteiger partial charge in [0.2, 0.25) is 6.08 Å². The van der Waals surface area contributed by atoms with Gasteiger partial charge in [-0.1, -0.05) is 12.1 Å². The molecular weight excluding hydrogens is 174 g/mol. The van der Waals surface area contributed by atoms with Crippen molar-refractivity contribution in [2.24, 2.45) is 4.99 Å². The molecule has 0 heterocycles. The second-order valence-electron chi connectivity index (χ2n) is 3.76. The summed E-state index contributed by atoms with van der Waals surface area (Å²) in [7, 11) is 0. The standard InChI is InChI=1S/C12H13NO/c1-9-5-6-10(7-13-8-14)12-4-2-3-11(9)12/h5-6H,2-4,7H2,1H3. The third-order valence-electron chi connectivity index (χ3n) is 2.93. The van der Waals surface area contributed by atoms with Gasteiger partial charge in [-0.15, -0.1) is 0 Å². The summed E-state index contributed by atoms with van der Waals surface area (Å²) in [5, 5.41) is 0. The molecule has 0 amide bonds. The molecule has 0 saturated carbocycles. The van der Waals surface area contributed by atoms with Crippen LogP contribution in [0.2, 0.25) is 0 Å². The molecule has 72 valence electrons. The number of carbonyl (C=O) groups excluding carboxylic acids is 1. The average molecular weight is 187 g/mol. The fraction of sp³-hybridized carbons (Fsp3) is 0.417. The maximum atomic E-state index is 10.1. The number of hydrogen-bond donors (Lipinski definition) is 0. The van der Waals surface area contributed by atoms with Gasteiger partial charge in [-0.3, -0.25) is 0 Å². The molecule has 2 nitrogen and oxygen atoms in total. The minimum absolute atomic E-state index is 0.492. The van der Waals surface area contributed by atoms with Crippen LogP contribution in [0, 0.1) is 6.92 Å². The number of aliphatic imine (C=N–C) groups is 1. The lowest BCUT2D eigenvalue weighted by Crippen LogP contribution is -1.94. The fourth-order valence-corrected chi connectivity index (χ4v) is 2.23. The van der Waals surface area contributed by atoms with Gasteiger partial charge in [0.15, 0.2) is 0 Å². The zero-order valence-electron chi connectivity index (χ0n) is 8.34. The number of nitrogens with zero attached hydrogens (tertiary/aromatic N) is 1. The van der Waals surface area contributed by atoms with Gasteiger partial charge in [0.25, 0.3) is 0 Å². The van der Waals surface area contributed by atoms with Crippen molar-refractivity contribution in [2.45, 2.75) is 32.7 Å². The van der Waals surface area contributed by atoms with Crippen LogP contribution in [0.4, 0.5) is 0 Å². The summed E-state index contributed by atoms with van der Waals surface area (Å²) in [5.74, 6) is 0. The molecule has 0 bridgehead atoms. The highest BCUT2D eigenvalue weighted by Crippen LogP contribution is 2.28. The van der Waals surface area contributed by atoms with Crippen LogP contribution in [0.25, 0.3) is 0 Å². The second-order valence-corrected chi connectivity index (χ2v) is 3.76. The first-order valence-electron chi connectivity index (χ1n) is 4.97. The number of benzene rings is 1. The van der Waals surface area contributed by atoms with Crippen molar-refractivity contribution in [1.82, 2.24) is 0 Å². The lowest BCUT2D eigenvalue weighted by Gasteiger charge is -2.07. The molecular formula is C12H13NO. The minimum atomic E-state index is 0.492. The van der Waals surface area contributed by atoms with Gasteiger partial charge in [-0.05, 0) is 48.4 Å². The molecule has 2 heteroatoms. The zero-order chi connectivity index (χ0) is 9.97. The summed E-state index contributed by atoms with van der Waals surface area (Å²) >= 11 is 0. The summed E-state index contributed by atoms with van der Waals surface area (Å²) in [6.07, 6.45) is 5.15. The summed E-state index contributed by atoms with van der Waals surface area (Å²) in [6, 6.07) is 4.21. The Labute approximate surface area is 83.7 Å².